The van der Waals surface area contributed by atoms with Crippen LogP contribution in [-0.4, -0.2) is 25.1 Å². The third-order valence-electron chi connectivity index (χ3n) is 5.58. The molecule has 0 aliphatic carbocycles. The van der Waals surface area contributed by atoms with Gasteiger partial charge < -0.3 is 9.73 Å². The summed E-state index contributed by atoms with van der Waals surface area (Å²) < 4.78 is 47.0. The summed E-state index contributed by atoms with van der Waals surface area (Å²) in [5.74, 6) is -1.06. The summed E-state index contributed by atoms with van der Waals surface area (Å²) in [6, 6.07) is 21.3. The van der Waals surface area contributed by atoms with Crippen LogP contribution in [0.25, 0.3) is 0 Å². The zero-order chi connectivity index (χ0) is 27.6. The zero-order valence-electron chi connectivity index (χ0n) is 19.9. The fourth-order valence-corrected chi connectivity index (χ4v) is 5.94. The molecule has 0 saturated carbocycles. The number of benzene rings is 3. The minimum absolute atomic E-state index is 0.0235. The summed E-state index contributed by atoms with van der Waals surface area (Å²) in [6.07, 6.45) is 1.47. The fraction of sp³-hybridized carbons (Fsp3) is 0.0370. The van der Waals surface area contributed by atoms with Gasteiger partial charge >= 0.3 is 0 Å². The van der Waals surface area contributed by atoms with Gasteiger partial charge in [-0.05, 0) is 84.9 Å². The van der Waals surface area contributed by atoms with Crippen LogP contribution >= 0.6 is 27.7 Å². The molecule has 2 N–H and O–H groups in total. The summed E-state index contributed by atoms with van der Waals surface area (Å²) in [4.78, 5) is 28.5. The minimum Gasteiger partial charge on any atom is -0.467 e. The Morgan fingerprint density at radius 1 is 0.872 bits per heavy atom. The SMILES string of the molecule is O=C1C(Nc2ccc(Br)cc2)=C(Sc2ccc(NS(=O)(=O)c3ccc(F)cc3)cc2)C(=O)N1Cc1ccco1. The molecular weight excluding hydrogens is 609 g/mol. The number of nitrogens with zero attached hydrogens (tertiary/aromatic N) is 1. The number of carbonyl (C=O) groups excluding carboxylic acids is 2. The number of furan rings is 1. The third kappa shape index (κ3) is 6.08. The van der Waals surface area contributed by atoms with Gasteiger partial charge in [0.2, 0.25) is 0 Å². The number of sulfonamides is 1. The molecule has 0 fully saturated rings. The van der Waals surface area contributed by atoms with Crippen molar-refractivity contribution in [1.82, 2.24) is 4.90 Å². The van der Waals surface area contributed by atoms with Crippen molar-refractivity contribution in [2.45, 2.75) is 16.3 Å². The monoisotopic (exact) mass is 627 g/mol. The molecule has 0 unspecified atom stereocenters. The molecule has 1 aliphatic heterocycles. The fourth-order valence-electron chi connectivity index (χ4n) is 3.67. The lowest BCUT2D eigenvalue weighted by atomic mass is 10.3. The first-order valence-electron chi connectivity index (χ1n) is 11.4. The molecule has 4 aromatic rings. The second-order valence-corrected chi connectivity index (χ2v) is 12.0. The van der Waals surface area contributed by atoms with Gasteiger partial charge in [-0.25, -0.2) is 12.8 Å². The molecule has 0 spiro atoms. The largest absolute Gasteiger partial charge is 0.467 e. The smallest absolute Gasteiger partial charge is 0.278 e. The second kappa shape index (κ2) is 11.1. The Kier molecular flexibility index (Phi) is 7.60. The van der Waals surface area contributed by atoms with Crippen LogP contribution in [-0.2, 0) is 26.2 Å². The average Bonchev–Trinajstić information content (AvgIpc) is 3.50. The van der Waals surface area contributed by atoms with E-state index in [2.05, 4.69) is 26.0 Å². The molecule has 0 saturated heterocycles. The van der Waals surface area contributed by atoms with Gasteiger partial charge in [-0.1, -0.05) is 27.7 Å². The van der Waals surface area contributed by atoms with Crippen LogP contribution in [0, 0.1) is 5.82 Å². The first-order chi connectivity index (χ1) is 18.7. The number of hydrogen-bond donors (Lipinski definition) is 2. The lowest BCUT2D eigenvalue weighted by molar-refractivity contribution is -0.138. The van der Waals surface area contributed by atoms with Crippen LogP contribution in [0.1, 0.15) is 5.76 Å². The maximum Gasteiger partial charge on any atom is 0.278 e. The predicted molar refractivity (Wildman–Crippen MR) is 149 cm³/mol. The Morgan fingerprint density at radius 2 is 1.54 bits per heavy atom. The number of rotatable bonds is 9. The van der Waals surface area contributed by atoms with E-state index in [1.165, 1.54) is 30.5 Å². The molecule has 0 radical (unpaired) electrons. The standard InChI is InChI=1S/C27H19BrFN3O5S2/c28-17-3-7-19(8-4-17)30-24-25(27(34)32(26(24)33)16-21-2-1-15-37-21)38-22-11-9-20(10-12-22)31-39(35,36)23-13-5-18(29)6-14-23/h1-15,30-31H,16H2. The molecular formula is C27H19BrFN3O5S2. The summed E-state index contributed by atoms with van der Waals surface area (Å²) in [6.45, 7) is -0.0235. The van der Waals surface area contributed by atoms with Gasteiger partial charge in [-0.3, -0.25) is 19.2 Å². The Morgan fingerprint density at radius 3 is 2.18 bits per heavy atom. The van der Waals surface area contributed by atoms with Crippen LogP contribution in [0.3, 0.4) is 0 Å². The van der Waals surface area contributed by atoms with E-state index >= 15 is 0 Å². The van der Waals surface area contributed by atoms with Crippen LogP contribution in [0.5, 0.6) is 0 Å². The number of hydrogen-bond acceptors (Lipinski definition) is 7. The van der Waals surface area contributed by atoms with Gasteiger partial charge in [0.25, 0.3) is 21.8 Å². The normalized spacial score (nSPS) is 13.7. The first kappa shape index (κ1) is 26.7. The number of nitrogens with one attached hydrogen (secondary N) is 2. The summed E-state index contributed by atoms with van der Waals surface area (Å²) in [5, 5.41) is 3.07. The number of halogens is 2. The predicted octanol–water partition coefficient (Wildman–Crippen LogP) is 5.97. The Labute approximate surface area is 236 Å². The van der Waals surface area contributed by atoms with E-state index in [1.54, 1.807) is 36.4 Å². The Balaban J connectivity index is 1.38. The molecule has 1 aliphatic rings. The van der Waals surface area contributed by atoms with Crippen molar-refractivity contribution in [2.24, 2.45) is 0 Å². The van der Waals surface area contributed by atoms with Crippen molar-refractivity contribution in [1.29, 1.82) is 0 Å². The maximum absolute atomic E-state index is 13.4. The van der Waals surface area contributed by atoms with E-state index in [9.17, 15) is 22.4 Å². The molecule has 5 rings (SSSR count). The topological polar surface area (TPSA) is 109 Å². The van der Waals surface area contributed by atoms with Crippen LogP contribution in [0.4, 0.5) is 15.8 Å². The van der Waals surface area contributed by atoms with Crippen molar-refractivity contribution < 1.29 is 26.8 Å². The first-order valence-corrected chi connectivity index (χ1v) is 14.5. The van der Waals surface area contributed by atoms with E-state index in [-0.39, 0.29) is 27.7 Å². The molecule has 39 heavy (non-hydrogen) atoms. The molecule has 198 valence electrons. The maximum atomic E-state index is 13.4. The molecule has 1 aromatic heterocycles. The Hall–Kier alpha value is -3.87. The van der Waals surface area contributed by atoms with Crippen molar-refractivity contribution >= 4 is 60.9 Å². The van der Waals surface area contributed by atoms with Gasteiger partial charge in [0.15, 0.2) is 0 Å². The van der Waals surface area contributed by atoms with E-state index in [4.69, 9.17) is 4.42 Å². The zero-order valence-corrected chi connectivity index (χ0v) is 23.1. The third-order valence-corrected chi connectivity index (χ3v) is 8.60. The average molecular weight is 629 g/mol. The highest BCUT2D eigenvalue weighted by Gasteiger charge is 2.39. The minimum atomic E-state index is -3.92. The molecule has 3 aromatic carbocycles. The van der Waals surface area contributed by atoms with E-state index in [0.29, 0.717) is 16.3 Å². The molecule has 2 amide bonds. The van der Waals surface area contributed by atoms with Gasteiger partial charge in [0, 0.05) is 20.7 Å². The Bertz CT molecular complexity index is 1660. The number of amides is 2. The van der Waals surface area contributed by atoms with E-state index < -0.39 is 27.7 Å². The van der Waals surface area contributed by atoms with E-state index in [0.717, 1.165) is 33.3 Å². The lowest BCUT2D eigenvalue weighted by Gasteiger charge is -2.13. The number of thioether (sulfide) groups is 1. The van der Waals surface area contributed by atoms with Crippen LogP contribution in [0.2, 0.25) is 0 Å². The van der Waals surface area contributed by atoms with Gasteiger partial charge in [-0.15, -0.1) is 0 Å². The van der Waals surface area contributed by atoms with Crippen molar-refractivity contribution in [3.05, 3.63) is 118 Å². The summed E-state index contributed by atoms with van der Waals surface area (Å²) in [5.41, 5.74) is 1.02. The van der Waals surface area contributed by atoms with Gasteiger partial charge in [-0.2, -0.15) is 0 Å². The lowest BCUT2D eigenvalue weighted by Crippen LogP contribution is -2.31. The van der Waals surface area contributed by atoms with Crippen molar-refractivity contribution in [2.75, 3.05) is 10.0 Å². The quantitative estimate of drug-likeness (QED) is 0.220. The highest BCUT2D eigenvalue weighted by atomic mass is 79.9. The van der Waals surface area contributed by atoms with E-state index in [1.807, 2.05) is 12.1 Å². The number of carbonyl (C=O) groups is 2. The second-order valence-electron chi connectivity index (χ2n) is 8.30. The highest BCUT2D eigenvalue weighted by Crippen LogP contribution is 2.37. The van der Waals surface area contributed by atoms with Crippen molar-refractivity contribution in [3.63, 3.8) is 0 Å². The molecule has 2 heterocycles. The van der Waals surface area contributed by atoms with Gasteiger partial charge in [0.05, 0.1) is 17.7 Å². The molecule has 8 nitrogen and oxygen atoms in total. The highest BCUT2D eigenvalue weighted by molar-refractivity contribution is 9.10. The number of imide groups is 1. The van der Waals surface area contributed by atoms with Crippen LogP contribution in [0.15, 0.2) is 120 Å². The molecule has 0 bridgehead atoms. The van der Waals surface area contributed by atoms with Crippen molar-refractivity contribution in [3.8, 4) is 0 Å². The molecule has 12 heteroatoms. The number of anilines is 2. The molecule has 0 atom stereocenters. The summed E-state index contributed by atoms with van der Waals surface area (Å²) >= 11 is 4.46. The van der Waals surface area contributed by atoms with Gasteiger partial charge in [0.1, 0.15) is 22.2 Å². The summed E-state index contributed by atoms with van der Waals surface area (Å²) in [7, 11) is -3.92. The van der Waals surface area contributed by atoms with Crippen LogP contribution < -0.4 is 10.0 Å².